The quantitative estimate of drug-likeness (QED) is 0.224. The highest BCUT2D eigenvalue weighted by Gasteiger charge is 2.23. The molecule has 10 heteroatoms. The van der Waals surface area contributed by atoms with Crippen molar-refractivity contribution in [3.05, 3.63) is 140 Å². The number of hydrogen-bond acceptors (Lipinski definition) is 4. The molecular weight excluding hydrogens is 667 g/mol. The molecule has 5 nitrogen and oxygen atoms in total. The molecule has 55 heavy (non-hydrogen) atoms. The van der Waals surface area contributed by atoms with Crippen LogP contribution in [0.4, 0.5) is 0 Å². The van der Waals surface area contributed by atoms with E-state index in [4.69, 9.17) is 58.6 Å². The highest BCUT2D eigenvalue weighted by atomic mass is 16.3. The maximum Gasteiger partial charge on any atom is 0.167 e. The number of nitrogens with zero attached hydrogens (tertiary/aromatic N) is 4. The Balaban J connectivity index is 1.24. The summed E-state index contributed by atoms with van der Waals surface area (Å²) in [7, 11) is 32.2. The molecule has 0 N–H and O–H groups in total. The van der Waals surface area contributed by atoms with Crippen molar-refractivity contribution in [1.29, 1.82) is 0 Å². The van der Waals surface area contributed by atoms with Crippen LogP contribution in [0.25, 0.3) is 94.7 Å². The normalized spacial score (nSPS) is 11.6. The van der Waals surface area contributed by atoms with Crippen molar-refractivity contribution >= 4 is 110 Å². The van der Waals surface area contributed by atoms with Crippen molar-refractivity contribution in [3.8, 4) is 51.0 Å². The summed E-state index contributed by atoms with van der Waals surface area (Å²) in [5.74, 6) is 1.66. The Bertz CT molecular complexity index is 3070. The van der Waals surface area contributed by atoms with Gasteiger partial charge < -0.3 is 8.98 Å². The smallest absolute Gasteiger partial charge is 0.167 e. The third kappa shape index (κ3) is 5.12. The van der Waals surface area contributed by atoms with Crippen molar-refractivity contribution < 1.29 is 4.42 Å². The van der Waals surface area contributed by atoms with Crippen LogP contribution in [0.15, 0.2) is 144 Å². The fourth-order valence-corrected chi connectivity index (χ4v) is 7.75. The van der Waals surface area contributed by atoms with E-state index in [-0.39, 0.29) is 27.3 Å². The van der Waals surface area contributed by atoms with E-state index in [2.05, 4.69) is 34.9 Å². The monoisotopic (exact) mass is 690 g/mol. The first-order valence-electron chi connectivity index (χ1n) is 17.7. The van der Waals surface area contributed by atoms with Gasteiger partial charge in [0.05, 0.1) is 27.7 Å². The first-order valence-corrected chi connectivity index (χ1v) is 17.7. The predicted molar refractivity (Wildman–Crippen MR) is 230 cm³/mol. The summed E-state index contributed by atoms with van der Waals surface area (Å²) in [6.07, 6.45) is 0. The summed E-state index contributed by atoms with van der Waals surface area (Å²) in [6, 6.07) is 46.3. The lowest BCUT2D eigenvalue weighted by Gasteiger charge is -2.22. The predicted octanol–water partition coefficient (Wildman–Crippen LogP) is 5.51. The van der Waals surface area contributed by atoms with Crippen LogP contribution in [0.3, 0.4) is 0 Å². The Morgan fingerprint density at radius 3 is 1.64 bits per heavy atom. The second-order valence-corrected chi connectivity index (χ2v) is 13.5. The van der Waals surface area contributed by atoms with Gasteiger partial charge in [-0.05, 0) is 41.5 Å². The summed E-state index contributed by atoms with van der Waals surface area (Å²) in [5.41, 5.74) is 9.28. The van der Waals surface area contributed by atoms with Crippen LogP contribution in [0.2, 0.25) is 0 Å². The van der Waals surface area contributed by atoms with Crippen LogP contribution in [-0.4, -0.2) is 58.8 Å². The van der Waals surface area contributed by atoms with Crippen molar-refractivity contribution in [2.24, 2.45) is 0 Å². The molecule has 0 unspecified atom stereocenters. The van der Waals surface area contributed by atoms with Crippen molar-refractivity contribution in [2.75, 3.05) is 0 Å². The molecule has 0 bridgehead atoms. The minimum Gasteiger partial charge on any atom is -0.455 e. The van der Waals surface area contributed by atoms with Crippen molar-refractivity contribution in [1.82, 2.24) is 19.5 Å². The Hall–Kier alpha value is -6.53. The van der Waals surface area contributed by atoms with Gasteiger partial charge in [-0.1, -0.05) is 120 Å². The fourth-order valence-electron chi connectivity index (χ4n) is 7.75. The molecule has 244 valence electrons. The topological polar surface area (TPSA) is 56.7 Å². The SMILES string of the molecule is [B]c1c([B])c([B])c(-c2cccc3c2c2ccccc2n3-c2cccc3oc4c(-c5nc(-c6ccccc6)nc(-c6ccccc6)n5)cccc4c23)c([B])c1[B]. The van der Waals surface area contributed by atoms with Crippen LogP contribution in [0.1, 0.15) is 0 Å². The zero-order chi connectivity index (χ0) is 37.4. The summed E-state index contributed by atoms with van der Waals surface area (Å²) in [5, 5.41) is 3.80. The molecule has 3 aromatic heterocycles. The van der Waals surface area contributed by atoms with Crippen LogP contribution >= 0.6 is 0 Å². The van der Waals surface area contributed by atoms with Gasteiger partial charge in [-0.3, -0.25) is 0 Å². The lowest BCUT2D eigenvalue weighted by molar-refractivity contribution is 0.669. The van der Waals surface area contributed by atoms with Gasteiger partial charge in [-0.2, -0.15) is 0 Å². The van der Waals surface area contributed by atoms with Crippen LogP contribution in [-0.2, 0) is 0 Å². The molecule has 7 aromatic carbocycles. The number of aromatic nitrogens is 4. The Kier molecular flexibility index (Phi) is 7.70. The fraction of sp³-hybridized carbons (Fsp3) is 0. The van der Waals surface area contributed by atoms with Crippen LogP contribution < -0.4 is 27.3 Å². The highest BCUT2D eigenvalue weighted by Crippen LogP contribution is 2.42. The molecular formula is C45H23B5N4O. The molecule has 0 spiro atoms. The number of fused-ring (bicyclic) bond motifs is 6. The minimum atomic E-state index is 0.177. The zero-order valence-electron chi connectivity index (χ0n) is 29.4. The summed E-state index contributed by atoms with van der Waals surface area (Å²) in [4.78, 5) is 14.9. The van der Waals surface area contributed by atoms with Gasteiger partial charge in [0.15, 0.2) is 17.5 Å². The highest BCUT2D eigenvalue weighted by molar-refractivity contribution is 6.69. The first-order chi connectivity index (χ1) is 26.9. The van der Waals surface area contributed by atoms with E-state index in [1.165, 1.54) is 0 Å². The second kappa shape index (κ2) is 12.8. The summed E-state index contributed by atoms with van der Waals surface area (Å²) >= 11 is 0. The van der Waals surface area contributed by atoms with Gasteiger partial charge in [0.25, 0.3) is 0 Å². The van der Waals surface area contributed by atoms with Crippen LogP contribution in [0, 0.1) is 0 Å². The number of para-hydroxylation sites is 2. The molecule has 0 amide bonds. The van der Waals surface area contributed by atoms with E-state index in [1.807, 2.05) is 109 Å². The van der Waals surface area contributed by atoms with E-state index in [9.17, 15) is 0 Å². The van der Waals surface area contributed by atoms with Gasteiger partial charge in [0, 0.05) is 27.3 Å². The van der Waals surface area contributed by atoms with Crippen molar-refractivity contribution in [3.63, 3.8) is 0 Å². The molecule has 0 fully saturated rings. The maximum absolute atomic E-state index is 6.77. The van der Waals surface area contributed by atoms with Gasteiger partial charge in [0.1, 0.15) is 50.4 Å². The molecule has 10 aromatic rings. The number of hydrogen-bond donors (Lipinski definition) is 0. The number of rotatable bonds is 5. The lowest BCUT2D eigenvalue weighted by Crippen LogP contribution is -2.55. The summed E-state index contributed by atoms with van der Waals surface area (Å²) in [6.45, 7) is 0. The minimum absolute atomic E-state index is 0.177. The van der Waals surface area contributed by atoms with E-state index >= 15 is 0 Å². The molecule has 0 saturated carbocycles. The Morgan fingerprint density at radius 2 is 0.945 bits per heavy atom. The Morgan fingerprint density at radius 1 is 0.418 bits per heavy atom. The largest absolute Gasteiger partial charge is 0.455 e. The van der Waals surface area contributed by atoms with E-state index in [0.29, 0.717) is 28.6 Å². The second-order valence-electron chi connectivity index (χ2n) is 13.5. The number of furan rings is 1. The molecule has 0 aliphatic carbocycles. The molecule has 0 saturated heterocycles. The average Bonchev–Trinajstić information content (AvgIpc) is 3.79. The van der Waals surface area contributed by atoms with E-state index < -0.39 is 0 Å². The van der Waals surface area contributed by atoms with E-state index in [0.717, 1.165) is 66.1 Å². The van der Waals surface area contributed by atoms with E-state index in [1.54, 1.807) is 0 Å². The Labute approximate surface area is 323 Å². The molecule has 0 atom stereocenters. The lowest BCUT2D eigenvalue weighted by atomic mass is 9.59. The molecule has 10 radical (unpaired) electrons. The summed E-state index contributed by atoms with van der Waals surface area (Å²) < 4.78 is 9.02. The first kappa shape index (κ1) is 33.1. The molecule has 0 aliphatic heterocycles. The molecule has 3 heterocycles. The van der Waals surface area contributed by atoms with Crippen LogP contribution in [0.5, 0.6) is 0 Å². The standard InChI is InChI=1S/C45H23B5N4O/c46-37-36(38(47)40(49)41(50)39(37)48)27-17-10-21-31-34(27)26-16-7-8-20-30(26)54(31)32-22-11-23-33-35(32)28-18-9-19-29(42(28)55-33)45-52-43(24-12-3-1-4-13-24)51-44(53-45)25-14-5-2-6-15-25/h1-23H. The zero-order valence-corrected chi connectivity index (χ0v) is 29.4. The van der Waals surface area contributed by atoms with Gasteiger partial charge in [-0.15, -0.1) is 16.4 Å². The van der Waals surface area contributed by atoms with Gasteiger partial charge in [-0.25, -0.2) is 15.0 Å². The maximum atomic E-state index is 6.77. The molecule has 0 aliphatic rings. The molecule has 10 rings (SSSR count). The van der Waals surface area contributed by atoms with Crippen molar-refractivity contribution in [2.45, 2.75) is 0 Å². The third-order valence-electron chi connectivity index (χ3n) is 10.3. The van der Waals surface area contributed by atoms with Gasteiger partial charge in [0.2, 0.25) is 0 Å². The van der Waals surface area contributed by atoms with Gasteiger partial charge >= 0.3 is 0 Å². The third-order valence-corrected chi connectivity index (χ3v) is 10.3. The number of benzene rings is 7. The average molecular weight is 690 g/mol.